The maximum atomic E-state index is 13.4. The topological polar surface area (TPSA) is 62.7 Å². The van der Waals surface area contributed by atoms with Crippen LogP contribution in [0.25, 0.3) is 11.3 Å². The Hall–Kier alpha value is -3.02. The zero-order chi connectivity index (χ0) is 16.9. The number of aromatic nitrogens is 3. The molecule has 2 heterocycles. The van der Waals surface area contributed by atoms with Crippen molar-refractivity contribution in [1.29, 1.82) is 0 Å². The Morgan fingerprint density at radius 3 is 2.62 bits per heavy atom. The molecule has 2 N–H and O–H groups in total. The molecule has 0 fully saturated rings. The number of nitrogens with one attached hydrogen (secondary N) is 2. The first-order valence-corrected chi connectivity index (χ1v) is 7.69. The van der Waals surface area contributed by atoms with Gasteiger partial charge in [0.25, 0.3) is 0 Å². The van der Waals surface area contributed by atoms with Crippen LogP contribution in [0.15, 0.2) is 54.9 Å². The summed E-state index contributed by atoms with van der Waals surface area (Å²) in [5.74, 6) is 0.782. The van der Waals surface area contributed by atoms with E-state index in [1.54, 1.807) is 24.5 Å². The molecular formula is C18H18FN5. The number of pyridine rings is 1. The van der Waals surface area contributed by atoms with Crippen molar-refractivity contribution >= 4 is 17.5 Å². The summed E-state index contributed by atoms with van der Waals surface area (Å²) < 4.78 is 13.4. The first kappa shape index (κ1) is 15.9. The lowest BCUT2D eigenvalue weighted by molar-refractivity contribution is 0.628. The lowest BCUT2D eigenvalue weighted by Crippen LogP contribution is -2.13. The molecule has 0 atom stereocenters. The first-order valence-electron chi connectivity index (χ1n) is 7.69. The Labute approximate surface area is 140 Å². The van der Waals surface area contributed by atoms with Gasteiger partial charge in [-0.2, -0.15) is 4.98 Å². The van der Waals surface area contributed by atoms with E-state index in [0.29, 0.717) is 17.5 Å². The zero-order valence-electron chi connectivity index (χ0n) is 13.5. The van der Waals surface area contributed by atoms with Gasteiger partial charge in [-0.05, 0) is 44.2 Å². The van der Waals surface area contributed by atoms with E-state index in [0.717, 1.165) is 11.3 Å². The Morgan fingerprint density at radius 1 is 1.04 bits per heavy atom. The van der Waals surface area contributed by atoms with E-state index in [1.165, 1.54) is 12.1 Å². The zero-order valence-corrected chi connectivity index (χ0v) is 13.5. The molecule has 0 aliphatic rings. The van der Waals surface area contributed by atoms with Crippen LogP contribution in [0.3, 0.4) is 0 Å². The second-order valence-electron chi connectivity index (χ2n) is 5.64. The van der Waals surface area contributed by atoms with E-state index in [-0.39, 0.29) is 11.9 Å². The summed E-state index contributed by atoms with van der Waals surface area (Å²) in [6.07, 6.45) is 3.46. The Morgan fingerprint density at radius 2 is 1.92 bits per heavy atom. The highest BCUT2D eigenvalue weighted by Gasteiger charge is 2.08. The van der Waals surface area contributed by atoms with Crippen molar-refractivity contribution in [1.82, 2.24) is 15.0 Å². The predicted octanol–water partition coefficient (Wildman–Crippen LogP) is 4.24. The molecular weight excluding hydrogens is 305 g/mol. The summed E-state index contributed by atoms with van der Waals surface area (Å²) in [6, 6.07) is 12.0. The van der Waals surface area contributed by atoms with Gasteiger partial charge in [0.05, 0.1) is 5.69 Å². The van der Waals surface area contributed by atoms with Crippen LogP contribution in [0.1, 0.15) is 13.8 Å². The molecule has 0 spiro atoms. The second kappa shape index (κ2) is 7.04. The molecule has 2 aromatic heterocycles. The fraction of sp³-hybridized carbons (Fsp3) is 0.167. The van der Waals surface area contributed by atoms with E-state index in [1.807, 2.05) is 32.0 Å². The van der Waals surface area contributed by atoms with E-state index in [2.05, 4.69) is 25.6 Å². The molecule has 6 heteroatoms. The standard InChI is InChI=1S/C18H18FN5/c1-12(2)21-18-23-16(13-5-4-8-20-11-13)10-17(24-18)22-15-7-3-6-14(19)9-15/h3-12H,1-2H3,(H2,21,22,23,24). The highest BCUT2D eigenvalue weighted by molar-refractivity contribution is 5.66. The van der Waals surface area contributed by atoms with Gasteiger partial charge in [0, 0.05) is 35.8 Å². The highest BCUT2D eigenvalue weighted by atomic mass is 19.1. The normalized spacial score (nSPS) is 10.7. The number of nitrogens with zero attached hydrogens (tertiary/aromatic N) is 3. The van der Waals surface area contributed by atoms with Crippen LogP contribution in [0, 0.1) is 5.82 Å². The number of rotatable bonds is 5. The van der Waals surface area contributed by atoms with Gasteiger partial charge in [0.15, 0.2) is 0 Å². The lowest BCUT2D eigenvalue weighted by Gasteiger charge is -2.13. The summed E-state index contributed by atoms with van der Waals surface area (Å²) in [5, 5.41) is 6.31. The largest absolute Gasteiger partial charge is 0.352 e. The average Bonchev–Trinajstić information content (AvgIpc) is 2.55. The van der Waals surface area contributed by atoms with Gasteiger partial charge in [-0.3, -0.25) is 4.98 Å². The number of benzene rings is 1. The van der Waals surface area contributed by atoms with E-state index < -0.39 is 0 Å². The van der Waals surface area contributed by atoms with Crippen LogP contribution in [0.4, 0.5) is 21.8 Å². The third-order valence-electron chi connectivity index (χ3n) is 3.20. The maximum absolute atomic E-state index is 13.4. The van der Waals surface area contributed by atoms with E-state index in [4.69, 9.17) is 0 Å². The molecule has 0 saturated heterocycles. The van der Waals surface area contributed by atoms with Crippen LogP contribution in [-0.4, -0.2) is 21.0 Å². The molecule has 3 rings (SSSR count). The summed E-state index contributed by atoms with van der Waals surface area (Å²) in [4.78, 5) is 13.1. The van der Waals surface area contributed by atoms with Crippen molar-refractivity contribution in [2.45, 2.75) is 19.9 Å². The van der Waals surface area contributed by atoms with Crippen molar-refractivity contribution in [2.24, 2.45) is 0 Å². The number of halogens is 1. The molecule has 1 aromatic carbocycles. The molecule has 122 valence electrons. The van der Waals surface area contributed by atoms with Crippen LogP contribution in [0.5, 0.6) is 0 Å². The second-order valence-corrected chi connectivity index (χ2v) is 5.64. The molecule has 0 unspecified atom stereocenters. The maximum Gasteiger partial charge on any atom is 0.225 e. The Bertz CT molecular complexity index is 821. The summed E-state index contributed by atoms with van der Waals surface area (Å²) >= 11 is 0. The quantitative estimate of drug-likeness (QED) is 0.735. The number of anilines is 3. The minimum atomic E-state index is -0.304. The molecule has 3 aromatic rings. The highest BCUT2D eigenvalue weighted by Crippen LogP contribution is 2.23. The molecule has 0 aliphatic heterocycles. The van der Waals surface area contributed by atoms with Crippen LogP contribution in [0.2, 0.25) is 0 Å². The smallest absolute Gasteiger partial charge is 0.225 e. The monoisotopic (exact) mass is 323 g/mol. The summed E-state index contributed by atoms with van der Waals surface area (Å²) in [5.41, 5.74) is 2.25. The number of hydrogen-bond donors (Lipinski definition) is 2. The molecule has 0 bridgehead atoms. The van der Waals surface area contributed by atoms with Crippen molar-refractivity contribution < 1.29 is 4.39 Å². The van der Waals surface area contributed by atoms with E-state index >= 15 is 0 Å². The van der Waals surface area contributed by atoms with Crippen molar-refractivity contribution in [2.75, 3.05) is 10.6 Å². The van der Waals surface area contributed by atoms with E-state index in [9.17, 15) is 4.39 Å². The Balaban J connectivity index is 1.98. The van der Waals surface area contributed by atoms with Crippen LogP contribution in [-0.2, 0) is 0 Å². The first-order chi connectivity index (χ1) is 11.6. The predicted molar refractivity (Wildman–Crippen MR) is 93.7 cm³/mol. The molecule has 0 radical (unpaired) electrons. The van der Waals surface area contributed by atoms with Gasteiger partial charge in [-0.25, -0.2) is 9.37 Å². The minimum Gasteiger partial charge on any atom is -0.352 e. The molecule has 5 nitrogen and oxygen atoms in total. The fourth-order valence-electron chi connectivity index (χ4n) is 2.21. The van der Waals surface area contributed by atoms with Crippen LogP contribution < -0.4 is 10.6 Å². The fourth-order valence-corrected chi connectivity index (χ4v) is 2.21. The van der Waals surface area contributed by atoms with Gasteiger partial charge in [0.2, 0.25) is 5.95 Å². The average molecular weight is 323 g/mol. The third kappa shape index (κ3) is 4.04. The number of hydrogen-bond acceptors (Lipinski definition) is 5. The van der Waals surface area contributed by atoms with Crippen molar-refractivity contribution in [3.05, 3.63) is 60.7 Å². The third-order valence-corrected chi connectivity index (χ3v) is 3.20. The summed E-state index contributed by atoms with van der Waals surface area (Å²) in [7, 11) is 0. The van der Waals surface area contributed by atoms with Crippen LogP contribution >= 0.6 is 0 Å². The molecule has 0 amide bonds. The summed E-state index contributed by atoms with van der Waals surface area (Å²) in [6.45, 7) is 4.03. The van der Waals surface area contributed by atoms with Crippen molar-refractivity contribution in [3.8, 4) is 11.3 Å². The van der Waals surface area contributed by atoms with Gasteiger partial charge in [-0.15, -0.1) is 0 Å². The molecule has 0 aliphatic carbocycles. The molecule has 24 heavy (non-hydrogen) atoms. The van der Waals surface area contributed by atoms with Gasteiger partial charge in [0.1, 0.15) is 11.6 Å². The SMILES string of the molecule is CC(C)Nc1nc(Nc2cccc(F)c2)cc(-c2cccnc2)n1. The Kier molecular flexibility index (Phi) is 4.65. The van der Waals surface area contributed by atoms with Crippen molar-refractivity contribution in [3.63, 3.8) is 0 Å². The molecule has 0 saturated carbocycles. The lowest BCUT2D eigenvalue weighted by atomic mass is 10.2. The van der Waals surface area contributed by atoms with Gasteiger partial charge >= 0.3 is 0 Å². The van der Waals surface area contributed by atoms with Gasteiger partial charge in [-0.1, -0.05) is 6.07 Å². The minimum absolute atomic E-state index is 0.191. The van der Waals surface area contributed by atoms with Gasteiger partial charge < -0.3 is 10.6 Å².